The lowest BCUT2D eigenvalue weighted by Crippen LogP contribution is -2.06. The van der Waals surface area contributed by atoms with Gasteiger partial charge in [0.15, 0.2) is 0 Å². The summed E-state index contributed by atoms with van der Waals surface area (Å²) in [4.78, 5) is 13.7. The fourth-order valence-corrected chi connectivity index (χ4v) is 3.07. The van der Waals surface area contributed by atoms with Gasteiger partial charge in [0.05, 0.1) is 17.6 Å². The van der Waals surface area contributed by atoms with Crippen LogP contribution < -0.4 is 5.73 Å². The highest BCUT2D eigenvalue weighted by molar-refractivity contribution is 7.80. The van der Waals surface area contributed by atoms with Crippen molar-refractivity contribution < 1.29 is 0 Å². The van der Waals surface area contributed by atoms with Crippen LogP contribution in [0.25, 0.3) is 11.0 Å². The van der Waals surface area contributed by atoms with E-state index in [1.807, 2.05) is 31.5 Å². The van der Waals surface area contributed by atoms with Crippen molar-refractivity contribution in [1.82, 2.24) is 19.5 Å². The molecule has 0 saturated carbocycles. The predicted molar refractivity (Wildman–Crippen MR) is 91.8 cm³/mol. The minimum absolute atomic E-state index is 0.170. The molecule has 22 heavy (non-hydrogen) atoms. The minimum atomic E-state index is 0.170. The van der Waals surface area contributed by atoms with E-state index in [-0.39, 0.29) is 5.95 Å². The van der Waals surface area contributed by atoms with E-state index in [2.05, 4.69) is 27.6 Å². The Morgan fingerprint density at radius 2 is 1.95 bits per heavy atom. The van der Waals surface area contributed by atoms with Crippen molar-refractivity contribution in [2.24, 2.45) is 0 Å². The lowest BCUT2D eigenvalue weighted by molar-refractivity contribution is 0.782. The van der Waals surface area contributed by atoms with Gasteiger partial charge < -0.3 is 10.3 Å². The molecule has 3 aromatic rings. The van der Waals surface area contributed by atoms with Crippen LogP contribution in [0, 0.1) is 20.8 Å². The third-order valence-corrected chi connectivity index (χ3v) is 4.65. The zero-order chi connectivity index (χ0) is 16.0. The van der Waals surface area contributed by atoms with Crippen LogP contribution in [0.2, 0.25) is 5.15 Å². The molecule has 0 fully saturated rings. The number of hydrogen-bond donors (Lipinski definition) is 2. The van der Waals surface area contributed by atoms with Crippen LogP contribution >= 0.6 is 24.2 Å². The van der Waals surface area contributed by atoms with Crippen LogP contribution in [0.1, 0.15) is 22.4 Å². The first kappa shape index (κ1) is 15.1. The number of nitrogens with zero attached hydrogens (tertiary/aromatic N) is 4. The third-order valence-electron chi connectivity index (χ3n) is 3.92. The van der Waals surface area contributed by atoms with E-state index >= 15 is 0 Å². The van der Waals surface area contributed by atoms with E-state index < -0.39 is 0 Å². The second-order valence-electron chi connectivity index (χ2n) is 5.35. The molecule has 0 amide bonds. The molecule has 0 unspecified atom stereocenters. The van der Waals surface area contributed by atoms with Crippen molar-refractivity contribution in [1.29, 1.82) is 0 Å². The number of rotatable bonds is 2. The van der Waals surface area contributed by atoms with Crippen LogP contribution in [0.5, 0.6) is 0 Å². The van der Waals surface area contributed by atoms with Crippen molar-refractivity contribution in [3.05, 3.63) is 39.9 Å². The predicted octanol–water partition coefficient (Wildman–Crippen LogP) is 3.32. The number of fused-ring (bicyclic) bond motifs is 1. The highest BCUT2D eigenvalue weighted by Crippen LogP contribution is 2.27. The Hall–Kier alpha value is -1.79. The monoisotopic (exact) mass is 333 g/mol. The summed E-state index contributed by atoms with van der Waals surface area (Å²) in [5.74, 6) is 0.170. The fourth-order valence-electron chi connectivity index (χ4n) is 2.53. The summed E-state index contributed by atoms with van der Waals surface area (Å²) in [5, 5.41) is 1.21. The molecule has 3 heterocycles. The lowest BCUT2D eigenvalue weighted by atomic mass is 10.1. The summed E-state index contributed by atoms with van der Waals surface area (Å²) < 4.78 is 2.00. The number of hydrogen-bond acceptors (Lipinski definition) is 5. The van der Waals surface area contributed by atoms with Gasteiger partial charge in [-0.2, -0.15) is 4.98 Å². The summed E-state index contributed by atoms with van der Waals surface area (Å²) in [7, 11) is 0. The second-order valence-corrected chi connectivity index (χ2v) is 6.19. The molecule has 0 bridgehead atoms. The molecular formula is C15H16ClN5S. The molecule has 114 valence electrons. The van der Waals surface area contributed by atoms with Crippen LogP contribution in [-0.4, -0.2) is 19.5 Å². The Morgan fingerprint density at radius 3 is 2.68 bits per heavy atom. The number of aromatic nitrogens is 4. The molecule has 0 radical (unpaired) electrons. The first-order valence-electron chi connectivity index (χ1n) is 6.81. The highest BCUT2D eigenvalue weighted by Gasteiger charge is 2.15. The molecular weight excluding hydrogens is 318 g/mol. The maximum absolute atomic E-state index is 6.19. The summed E-state index contributed by atoms with van der Waals surface area (Å²) in [6, 6.07) is 0. The molecule has 0 aliphatic rings. The molecule has 2 N–H and O–H groups in total. The number of nitrogens with two attached hydrogens (primary N) is 1. The number of nitrogen functional groups attached to an aromatic ring is 1. The van der Waals surface area contributed by atoms with Crippen molar-refractivity contribution in [3.63, 3.8) is 0 Å². The van der Waals surface area contributed by atoms with Gasteiger partial charge in [0.25, 0.3) is 0 Å². The SMILES string of the molecule is Cc1c(S)cnc(Cn2cc(C)c3c(Cl)nc(N)nc32)c1C. The molecule has 0 spiro atoms. The van der Waals surface area contributed by atoms with Gasteiger partial charge in [0, 0.05) is 17.3 Å². The molecule has 7 heteroatoms. The van der Waals surface area contributed by atoms with Gasteiger partial charge >= 0.3 is 0 Å². The summed E-state index contributed by atoms with van der Waals surface area (Å²) >= 11 is 10.6. The number of thiol groups is 1. The largest absolute Gasteiger partial charge is 0.368 e. The van der Waals surface area contributed by atoms with Crippen molar-refractivity contribution in [2.45, 2.75) is 32.2 Å². The maximum Gasteiger partial charge on any atom is 0.223 e. The van der Waals surface area contributed by atoms with Gasteiger partial charge in [-0.3, -0.25) is 4.98 Å². The Balaban J connectivity index is 2.14. The topological polar surface area (TPSA) is 69.6 Å². The Kier molecular flexibility index (Phi) is 3.74. The van der Waals surface area contributed by atoms with Gasteiger partial charge in [-0.15, -0.1) is 12.6 Å². The van der Waals surface area contributed by atoms with Crippen LogP contribution in [0.4, 0.5) is 5.95 Å². The van der Waals surface area contributed by atoms with Gasteiger partial charge in [-0.1, -0.05) is 11.6 Å². The molecule has 0 aromatic carbocycles. The zero-order valence-corrected chi connectivity index (χ0v) is 14.2. The smallest absolute Gasteiger partial charge is 0.223 e. The quantitative estimate of drug-likeness (QED) is 0.557. The molecule has 3 aromatic heterocycles. The number of pyridine rings is 1. The normalized spacial score (nSPS) is 11.3. The van der Waals surface area contributed by atoms with E-state index in [0.717, 1.165) is 38.3 Å². The van der Waals surface area contributed by atoms with Crippen molar-refractivity contribution in [3.8, 4) is 0 Å². The summed E-state index contributed by atoms with van der Waals surface area (Å²) in [5.41, 5.74) is 10.7. The van der Waals surface area contributed by atoms with Gasteiger partial charge in [-0.25, -0.2) is 4.98 Å². The number of anilines is 1. The lowest BCUT2D eigenvalue weighted by Gasteiger charge is -2.11. The van der Waals surface area contributed by atoms with Crippen LogP contribution in [0.15, 0.2) is 17.3 Å². The maximum atomic E-state index is 6.19. The van der Waals surface area contributed by atoms with Gasteiger partial charge in [-0.05, 0) is 37.5 Å². The van der Waals surface area contributed by atoms with E-state index in [4.69, 9.17) is 17.3 Å². The molecule has 0 aliphatic heterocycles. The average Bonchev–Trinajstić information content (AvgIpc) is 2.76. The van der Waals surface area contributed by atoms with Crippen LogP contribution in [-0.2, 0) is 6.54 Å². The van der Waals surface area contributed by atoms with E-state index in [1.54, 1.807) is 6.20 Å². The Bertz CT molecular complexity index is 888. The number of halogens is 1. The molecule has 0 aliphatic carbocycles. The van der Waals surface area contributed by atoms with E-state index in [0.29, 0.717) is 11.7 Å². The first-order valence-corrected chi connectivity index (χ1v) is 7.63. The Morgan fingerprint density at radius 1 is 1.23 bits per heavy atom. The van der Waals surface area contributed by atoms with Gasteiger partial charge in [0.2, 0.25) is 5.95 Å². The first-order chi connectivity index (χ1) is 10.4. The Labute approximate surface area is 139 Å². The highest BCUT2D eigenvalue weighted by atomic mass is 35.5. The van der Waals surface area contributed by atoms with Crippen molar-refractivity contribution in [2.75, 3.05) is 5.73 Å². The summed E-state index contributed by atoms with van der Waals surface area (Å²) in [6.45, 7) is 6.66. The second kappa shape index (κ2) is 5.44. The van der Waals surface area contributed by atoms with Crippen molar-refractivity contribution >= 4 is 41.2 Å². The minimum Gasteiger partial charge on any atom is -0.368 e. The van der Waals surface area contributed by atoms with E-state index in [9.17, 15) is 0 Å². The standard InChI is InChI=1S/C15H16ClN5S/c1-7-5-21(14-12(7)13(16)19-15(17)20-14)6-10-8(2)9(3)11(22)4-18-10/h4-5,22H,6H2,1-3H3,(H2,17,19,20). The molecule has 0 saturated heterocycles. The zero-order valence-electron chi connectivity index (χ0n) is 12.6. The fraction of sp³-hybridized carbons (Fsp3) is 0.267. The molecule has 5 nitrogen and oxygen atoms in total. The summed E-state index contributed by atoms with van der Waals surface area (Å²) in [6.07, 6.45) is 3.77. The van der Waals surface area contributed by atoms with Gasteiger partial charge in [0.1, 0.15) is 10.8 Å². The van der Waals surface area contributed by atoms with Crippen LogP contribution in [0.3, 0.4) is 0 Å². The number of aryl methyl sites for hydroxylation is 1. The average molecular weight is 334 g/mol. The molecule has 3 rings (SSSR count). The van der Waals surface area contributed by atoms with E-state index in [1.165, 1.54) is 0 Å². The molecule has 0 atom stereocenters. The third kappa shape index (κ3) is 2.42.